The van der Waals surface area contributed by atoms with Gasteiger partial charge in [-0.2, -0.15) is 18.3 Å². The molecule has 0 saturated heterocycles. The molecule has 13 heteroatoms. The van der Waals surface area contributed by atoms with Crippen LogP contribution in [0.1, 0.15) is 31.5 Å². The zero-order valence-electron chi connectivity index (χ0n) is 19.0. The summed E-state index contributed by atoms with van der Waals surface area (Å²) in [7, 11) is -2.56. The second-order valence-corrected chi connectivity index (χ2v) is 10.2. The van der Waals surface area contributed by atoms with Crippen molar-refractivity contribution < 1.29 is 26.7 Å². The van der Waals surface area contributed by atoms with Gasteiger partial charge < -0.3 is 10.8 Å². The first-order valence-electron chi connectivity index (χ1n) is 10.2. The molecule has 2 aromatic heterocycles. The summed E-state index contributed by atoms with van der Waals surface area (Å²) in [5.41, 5.74) is 5.06. The molecule has 1 aromatic carbocycles. The van der Waals surface area contributed by atoms with Gasteiger partial charge in [-0.3, -0.25) is 4.68 Å². The number of hydrogen-bond donors (Lipinski definition) is 3. The van der Waals surface area contributed by atoms with E-state index in [2.05, 4.69) is 19.8 Å². The summed E-state index contributed by atoms with van der Waals surface area (Å²) in [4.78, 5) is 8.40. The molecule has 0 radical (unpaired) electrons. The Bertz CT molecular complexity index is 1310. The highest BCUT2D eigenvalue weighted by Crippen LogP contribution is 2.33. The monoisotopic (exact) mass is 498 g/mol. The standard InChI is InChI=1S/C21H25F3N6O3S/c1-12-5-6-13(34(32,33)27-8-7-20(2,3)31)9-14(12)15-11-26-19(25)18(28-15)16-10-17(21(22,23)24)29-30(16)4/h5-6,9-11,27,31H,7-8H2,1-4H3,(H2,25,26). The van der Waals surface area contributed by atoms with Crippen LogP contribution >= 0.6 is 0 Å². The van der Waals surface area contributed by atoms with Crippen LogP contribution in [-0.2, 0) is 23.2 Å². The molecule has 0 aliphatic rings. The minimum absolute atomic E-state index is 0.00823. The Balaban J connectivity index is 2.01. The van der Waals surface area contributed by atoms with E-state index >= 15 is 0 Å². The predicted octanol–water partition coefficient (Wildman–Crippen LogP) is 2.89. The van der Waals surface area contributed by atoms with E-state index in [-0.39, 0.29) is 40.8 Å². The van der Waals surface area contributed by atoms with Crippen LogP contribution < -0.4 is 10.5 Å². The minimum atomic E-state index is -4.65. The van der Waals surface area contributed by atoms with Crippen LogP contribution in [0.25, 0.3) is 22.6 Å². The zero-order valence-corrected chi connectivity index (χ0v) is 19.8. The molecule has 0 fully saturated rings. The summed E-state index contributed by atoms with van der Waals surface area (Å²) in [5.74, 6) is -0.102. The predicted molar refractivity (Wildman–Crippen MR) is 120 cm³/mol. The van der Waals surface area contributed by atoms with Gasteiger partial charge in [0.25, 0.3) is 0 Å². The average molecular weight is 499 g/mol. The van der Waals surface area contributed by atoms with Gasteiger partial charge in [-0.15, -0.1) is 0 Å². The number of nitrogens with two attached hydrogens (primary N) is 1. The van der Waals surface area contributed by atoms with Crippen molar-refractivity contribution in [3.8, 4) is 22.6 Å². The van der Waals surface area contributed by atoms with E-state index in [0.29, 0.717) is 11.1 Å². The molecule has 4 N–H and O–H groups in total. The summed E-state index contributed by atoms with van der Waals surface area (Å²) >= 11 is 0. The fourth-order valence-electron chi connectivity index (χ4n) is 3.16. The van der Waals surface area contributed by atoms with E-state index < -0.39 is 27.5 Å². The Morgan fingerprint density at radius 3 is 2.47 bits per heavy atom. The Hall–Kier alpha value is -3.03. The highest BCUT2D eigenvalue weighted by molar-refractivity contribution is 7.89. The number of aromatic nitrogens is 4. The number of halogens is 3. The molecule has 2 heterocycles. The molecule has 0 atom stereocenters. The third-order valence-corrected chi connectivity index (χ3v) is 6.50. The smallest absolute Gasteiger partial charge is 0.390 e. The first-order chi connectivity index (χ1) is 15.6. The number of rotatable bonds is 7. The maximum atomic E-state index is 13.1. The molecular formula is C21H25F3N6O3S. The van der Waals surface area contributed by atoms with Crippen LogP contribution in [0.3, 0.4) is 0 Å². The van der Waals surface area contributed by atoms with Gasteiger partial charge in [0, 0.05) is 19.2 Å². The Kier molecular flexibility index (Phi) is 6.75. The molecule has 0 aliphatic carbocycles. The van der Waals surface area contributed by atoms with E-state index in [1.807, 2.05) is 0 Å². The summed E-state index contributed by atoms with van der Waals surface area (Å²) in [6, 6.07) is 5.23. The van der Waals surface area contributed by atoms with Gasteiger partial charge in [-0.1, -0.05) is 6.07 Å². The van der Waals surface area contributed by atoms with Gasteiger partial charge in [0.1, 0.15) is 5.69 Å². The van der Waals surface area contributed by atoms with Crippen LogP contribution in [0.15, 0.2) is 35.4 Å². The van der Waals surface area contributed by atoms with Crippen LogP contribution in [0.5, 0.6) is 0 Å². The Morgan fingerprint density at radius 1 is 1.21 bits per heavy atom. The van der Waals surface area contributed by atoms with Crippen LogP contribution in [-0.4, -0.2) is 45.4 Å². The lowest BCUT2D eigenvalue weighted by Crippen LogP contribution is -2.30. The van der Waals surface area contributed by atoms with Gasteiger partial charge in [0.2, 0.25) is 10.0 Å². The number of benzene rings is 1. The molecule has 184 valence electrons. The van der Waals surface area contributed by atoms with Crippen molar-refractivity contribution in [3.05, 3.63) is 41.7 Å². The number of alkyl halides is 3. The number of nitrogens with one attached hydrogen (secondary N) is 1. The number of anilines is 1. The normalized spacial score (nSPS) is 12.8. The van der Waals surface area contributed by atoms with Crippen LogP contribution in [0.4, 0.5) is 19.0 Å². The summed E-state index contributed by atoms with van der Waals surface area (Å²) in [5, 5.41) is 13.3. The highest BCUT2D eigenvalue weighted by Gasteiger charge is 2.35. The molecule has 0 saturated carbocycles. The number of nitrogen functional groups attached to an aromatic ring is 1. The first-order valence-corrected chi connectivity index (χ1v) is 11.6. The molecule has 3 aromatic rings. The van der Waals surface area contributed by atoms with Crippen LogP contribution in [0, 0.1) is 6.92 Å². The van der Waals surface area contributed by atoms with Gasteiger partial charge in [-0.05, 0) is 51.0 Å². The van der Waals surface area contributed by atoms with Crippen molar-refractivity contribution >= 4 is 15.8 Å². The van der Waals surface area contributed by atoms with Gasteiger partial charge >= 0.3 is 6.18 Å². The number of hydrogen-bond acceptors (Lipinski definition) is 7. The maximum Gasteiger partial charge on any atom is 0.435 e. The lowest BCUT2D eigenvalue weighted by Gasteiger charge is -2.17. The lowest BCUT2D eigenvalue weighted by molar-refractivity contribution is -0.141. The van der Waals surface area contributed by atoms with Crippen molar-refractivity contribution in [3.63, 3.8) is 0 Å². The molecule has 3 rings (SSSR count). The summed E-state index contributed by atoms with van der Waals surface area (Å²) in [6.45, 7) is 4.91. The third kappa shape index (κ3) is 5.72. The van der Waals surface area contributed by atoms with Crippen LogP contribution in [0.2, 0.25) is 0 Å². The summed E-state index contributed by atoms with van der Waals surface area (Å²) < 4.78 is 68.2. The van der Waals surface area contributed by atoms with E-state index in [1.165, 1.54) is 25.4 Å². The molecule has 0 amide bonds. The fourth-order valence-corrected chi connectivity index (χ4v) is 4.22. The van der Waals surface area contributed by atoms with E-state index in [1.54, 1.807) is 26.8 Å². The van der Waals surface area contributed by atoms with Crippen molar-refractivity contribution in [2.75, 3.05) is 12.3 Å². The highest BCUT2D eigenvalue weighted by atomic mass is 32.2. The molecule has 34 heavy (non-hydrogen) atoms. The second-order valence-electron chi connectivity index (χ2n) is 8.46. The van der Waals surface area contributed by atoms with Gasteiger partial charge in [-0.25, -0.2) is 23.1 Å². The SMILES string of the molecule is Cc1ccc(S(=O)(=O)NCCC(C)(C)O)cc1-c1cnc(N)c(-c2cc(C(F)(F)F)nn2C)n1. The maximum absolute atomic E-state index is 13.1. The Morgan fingerprint density at radius 2 is 1.88 bits per heavy atom. The first kappa shape index (κ1) is 25.6. The van der Waals surface area contributed by atoms with Crippen molar-refractivity contribution in [2.45, 2.75) is 43.9 Å². The second kappa shape index (κ2) is 8.96. The quantitative estimate of drug-likeness (QED) is 0.456. The van der Waals surface area contributed by atoms with E-state index in [9.17, 15) is 26.7 Å². The average Bonchev–Trinajstić information content (AvgIpc) is 3.09. The third-order valence-electron chi connectivity index (χ3n) is 5.04. The molecule has 0 bridgehead atoms. The number of aryl methyl sites for hydroxylation is 2. The van der Waals surface area contributed by atoms with Gasteiger partial charge in [0.15, 0.2) is 11.5 Å². The van der Waals surface area contributed by atoms with Crippen molar-refractivity contribution in [2.24, 2.45) is 7.05 Å². The number of aliphatic hydroxyl groups is 1. The number of nitrogens with zero attached hydrogens (tertiary/aromatic N) is 4. The lowest BCUT2D eigenvalue weighted by atomic mass is 10.1. The largest absolute Gasteiger partial charge is 0.435 e. The van der Waals surface area contributed by atoms with E-state index in [4.69, 9.17) is 5.73 Å². The zero-order chi connectivity index (χ0) is 25.5. The Labute approximate surface area is 194 Å². The molecular weight excluding hydrogens is 473 g/mol. The van der Waals surface area contributed by atoms with Crippen molar-refractivity contribution in [1.29, 1.82) is 0 Å². The minimum Gasteiger partial charge on any atom is -0.390 e. The van der Waals surface area contributed by atoms with Crippen molar-refractivity contribution in [1.82, 2.24) is 24.5 Å². The molecule has 0 spiro atoms. The van der Waals surface area contributed by atoms with Gasteiger partial charge in [0.05, 0.1) is 28.1 Å². The fraction of sp³-hybridized carbons (Fsp3) is 0.381. The topological polar surface area (TPSA) is 136 Å². The summed E-state index contributed by atoms with van der Waals surface area (Å²) in [6.07, 6.45) is -3.12. The molecule has 9 nitrogen and oxygen atoms in total. The molecule has 0 unspecified atom stereocenters. The molecule has 0 aliphatic heterocycles. The number of sulfonamides is 1. The van der Waals surface area contributed by atoms with E-state index in [0.717, 1.165) is 10.7 Å².